The average Bonchev–Trinajstić information content (AvgIpc) is 1.91. The fourth-order valence-corrected chi connectivity index (χ4v) is 0.354. The Labute approximate surface area is 62.6 Å². The molecule has 0 N–H and O–H groups in total. The van der Waals surface area contributed by atoms with Gasteiger partial charge in [0.25, 0.3) is 0 Å². The van der Waals surface area contributed by atoms with Gasteiger partial charge in [-0.15, -0.1) is 9.24 Å². The van der Waals surface area contributed by atoms with Gasteiger partial charge in [0.1, 0.15) is 0 Å². The van der Waals surface area contributed by atoms with Gasteiger partial charge in [0.2, 0.25) is 0 Å². The van der Waals surface area contributed by atoms with Crippen LogP contribution in [0.2, 0.25) is 0 Å². The second-order valence-electron chi connectivity index (χ2n) is 2.14. The molecule has 9 heavy (non-hydrogen) atoms. The molecule has 0 aliphatic rings. The van der Waals surface area contributed by atoms with E-state index in [4.69, 9.17) is 0 Å². The van der Waals surface area contributed by atoms with Gasteiger partial charge >= 0.3 is 0 Å². The maximum atomic E-state index is 2.66. The molecule has 1 atom stereocenters. The smallest absolute Gasteiger partial charge is 0.0384 e. The Kier molecular flexibility index (Phi) is 21.3. The maximum Gasteiger partial charge on any atom is -0.0384 e. The number of hydrogen-bond acceptors (Lipinski definition) is 0. The first kappa shape index (κ1) is 12.1. The Hall–Kier alpha value is 0.430. The molecule has 0 aromatic carbocycles. The molecule has 0 spiro atoms. The normalized spacial score (nSPS) is 8.00. The molecule has 0 heterocycles. The van der Waals surface area contributed by atoms with Crippen LogP contribution in [0, 0.1) is 0 Å². The molecule has 0 radical (unpaired) electrons. The summed E-state index contributed by atoms with van der Waals surface area (Å²) < 4.78 is 0. The van der Waals surface area contributed by atoms with E-state index in [1.807, 2.05) is 0 Å². The van der Waals surface area contributed by atoms with E-state index in [1.54, 1.807) is 0 Å². The lowest BCUT2D eigenvalue weighted by Gasteiger charge is -1.79. The van der Waals surface area contributed by atoms with Crippen LogP contribution in [-0.4, -0.2) is 6.16 Å². The molecule has 58 valence electrons. The highest BCUT2D eigenvalue weighted by atomic mass is 31.0. The first-order valence-electron chi connectivity index (χ1n) is 4.03. The highest BCUT2D eigenvalue weighted by Crippen LogP contribution is 1.88. The van der Waals surface area contributed by atoms with Crippen LogP contribution < -0.4 is 0 Å². The van der Waals surface area contributed by atoms with Crippen LogP contribution in [0.4, 0.5) is 0 Å². The highest BCUT2D eigenvalue weighted by molar-refractivity contribution is 7.16. The first-order valence-corrected chi connectivity index (χ1v) is 4.85. The minimum absolute atomic E-state index is 1.24. The third kappa shape index (κ3) is 29.6. The summed E-state index contributed by atoms with van der Waals surface area (Å²) >= 11 is 0. The van der Waals surface area contributed by atoms with Crippen molar-refractivity contribution in [1.82, 2.24) is 0 Å². The van der Waals surface area contributed by atoms with E-state index in [0.29, 0.717) is 0 Å². The molecule has 0 bridgehead atoms. The lowest BCUT2D eigenvalue weighted by atomic mass is 10.3. The summed E-state index contributed by atoms with van der Waals surface area (Å²) in [5.74, 6) is 0. The van der Waals surface area contributed by atoms with Crippen LogP contribution in [0.15, 0.2) is 0 Å². The molecule has 0 aliphatic heterocycles. The summed E-state index contributed by atoms with van der Waals surface area (Å²) in [7, 11) is 2.66. The predicted molar refractivity (Wildman–Crippen MR) is 50.1 cm³/mol. The summed E-state index contributed by atoms with van der Waals surface area (Å²) in [4.78, 5) is 0. The van der Waals surface area contributed by atoms with E-state index >= 15 is 0 Å². The molecule has 1 unspecified atom stereocenters. The molecule has 0 amide bonds. The molecule has 0 fully saturated rings. The average molecular weight is 148 g/mol. The minimum atomic E-state index is 1.24. The van der Waals surface area contributed by atoms with Crippen LogP contribution >= 0.6 is 9.24 Å². The maximum absolute atomic E-state index is 2.66. The SMILES string of the molecule is CCCCC.CCCP. The van der Waals surface area contributed by atoms with Crippen molar-refractivity contribution >= 4 is 9.24 Å². The third-order valence-electron chi connectivity index (χ3n) is 0.996. The molecule has 0 rings (SSSR count). The van der Waals surface area contributed by atoms with Crippen molar-refractivity contribution in [3.8, 4) is 0 Å². The molecular weight excluding hydrogens is 127 g/mol. The van der Waals surface area contributed by atoms with Crippen LogP contribution in [0.25, 0.3) is 0 Å². The van der Waals surface area contributed by atoms with Gasteiger partial charge in [-0.3, -0.25) is 0 Å². The van der Waals surface area contributed by atoms with Gasteiger partial charge in [-0.1, -0.05) is 46.5 Å². The Balaban J connectivity index is 0. The topological polar surface area (TPSA) is 0 Å². The van der Waals surface area contributed by atoms with Gasteiger partial charge in [0.15, 0.2) is 0 Å². The van der Waals surface area contributed by atoms with E-state index in [-0.39, 0.29) is 0 Å². The standard InChI is InChI=1S/C5H12.C3H9P/c1-3-5-4-2;1-2-3-4/h3-5H2,1-2H3;2-4H2,1H3. The number of unbranched alkanes of at least 4 members (excludes halogenated alkanes) is 2. The minimum Gasteiger partial charge on any atom is -0.138 e. The summed E-state index contributed by atoms with van der Waals surface area (Å²) in [6, 6.07) is 0. The van der Waals surface area contributed by atoms with E-state index in [9.17, 15) is 0 Å². The van der Waals surface area contributed by atoms with Crippen molar-refractivity contribution in [2.75, 3.05) is 6.16 Å². The van der Waals surface area contributed by atoms with E-state index in [2.05, 4.69) is 30.0 Å². The zero-order chi connectivity index (χ0) is 7.54. The monoisotopic (exact) mass is 148 g/mol. The van der Waals surface area contributed by atoms with E-state index in [0.717, 1.165) is 0 Å². The van der Waals surface area contributed by atoms with Crippen molar-refractivity contribution in [1.29, 1.82) is 0 Å². The molecule has 0 saturated carbocycles. The van der Waals surface area contributed by atoms with Crippen LogP contribution in [0.1, 0.15) is 46.5 Å². The van der Waals surface area contributed by atoms with Gasteiger partial charge in [0.05, 0.1) is 0 Å². The van der Waals surface area contributed by atoms with Gasteiger partial charge in [-0.25, -0.2) is 0 Å². The summed E-state index contributed by atoms with van der Waals surface area (Å²) in [6.45, 7) is 6.58. The Morgan fingerprint density at radius 1 is 0.889 bits per heavy atom. The molecular formula is C8H21P. The quantitative estimate of drug-likeness (QED) is 0.537. The highest BCUT2D eigenvalue weighted by Gasteiger charge is 1.68. The summed E-state index contributed by atoms with van der Waals surface area (Å²) in [6.07, 6.45) is 6.59. The van der Waals surface area contributed by atoms with Gasteiger partial charge in [-0.2, -0.15) is 0 Å². The lowest BCUT2D eigenvalue weighted by molar-refractivity contribution is 0.772. The van der Waals surface area contributed by atoms with Crippen molar-refractivity contribution in [3.63, 3.8) is 0 Å². The zero-order valence-corrected chi connectivity index (χ0v) is 8.27. The fraction of sp³-hybridized carbons (Fsp3) is 1.00. The third-order valence-corrected chi connectivity index (χ3v) is 1.57. The number of rotatable bonds is 3. The zero-order valence-electron chi connectivity index (χ0n) is 7.11. The van der Waals surface area contributed by atoms with Crippen molar-refractivity contribution in [3.05, 3.63) is 0 Å². The van der Waals surface area contributed by atoms with Crippen LogP contribution in [0.5, 0.6) is 0 Å². The number of hydrogen-bond donors (Lipinski definition) is 0. The molecule has 1 heteroatoms. The summed E-state index contributed by atoms with van der Waals surface area (Å²) in [5, 5.41) is 0. The Morgan fingerprint density at radius 3 is 1.22 bits per heavy atom. The molecule has 0 aromatic rings. The molecule has 0 aliphatic carbocycles. The Bertz CT molecular complexity index is 23.7. The second-order valence-corrected chi connectivity index (χ2v) is 2.72. The van der Waals surface area contributed by atoms with E-state index < -0.39 is 0 Å². The van der Waals surface area contributed by atoms with Crippen LogP contribution in [-0.2, 0) is 0 Å². The molecule has 0 nitrogen and oxygen atoms in total. The molecule has 0 aromatic heterocycles. The van der Waals surface area contributed by atoms with Gasteiger partial charge in [-0.05, 0) is 6.16 Å². The Morgan fingerprint density at radius 2 is 1.22 bits per heavy atom. The van der Waals surface area contributed by atoms with Crippen molar-refractivity contribution in [2.45, 2.75) is 46.5 Å². The lowest BCUT2D eigenvalue weighted by Crippen LogP contribution is -1.59. The van der Waals surface area contributed by atoms with E-state index in [1.165, 1.54) is 31.8 Å². The second kappa shape index (κ2) is 15.8. The van der Waals surface area contributed by atoms with Crippen molar-refractivity contribution < 1.29 is 0 Å². The van der Waals surface area contributed by atoms with Crippen molar-refractivity contribution in [2.24, 2.45) is 0 Å². The largest absolute Gasteiger partial charge is 0.138 e. The summed E-state index contributed by atoms with van der Waals surface area (Å²) in [5.41, 5.74) is 0. The first-order chi connectivity index (χ1) is 4.33. The predicted octanol–water partition coefficient (Wildman–Crippen LogP) is 3.47. The molecule has 0 saturated heterocycles. The van der Waals surface area contributed by atoms with Crippen LogP contribution in [0.3, 0.4) is 0 Å². The van der Waals surface area contributed by atoms with Gasteiger partial charge < -0.3 is 0 Å². The fourth-order valence-electron chi connectivity index (χ4n) is 0.354. The van der Waals surface area contributed by atoms with Gasteiger partial charge in [0, 0.05) is 0 Å².